The van der Waals surface area contributed by atoms with E-state index in [9.17, 15) is 14.7 Å². The zero-order chi connectivity index (χ0) is 42.0. The van der Waals surface area contributed by atoms with E-state index >= 15 is 0 Å². The van der Waals surface area contributed by atoms with Crippen LogP contribution in [0.5, 0.6) is 0 Å². The van der Waals surface area contributed by atoms with Crippen LogP contribution in [0.3, 0.4) is 0 Å². The molecule has 2 aliphatic carbocycles. The summed E-state index contributed by atoms with van der Waals surface area (Å²) in [4.78, 5) is 33.5. The summed E-state index contributed by atoms with van der Waals surface area (Å²) in [6, 6.07) is 37.9. The van der Waals surface area contributed by atoms with Crippen LogP contribution in [-0.2, 0) is 30.7 Å². The Bertz CT molecular complexity index is 2890. The minimum absolute atomic E-state index is 0.308. The Morgan fingerprint density at radius 3 is 1.49 bits per heavy atom. The van der Waals surface area contributed by atoms with Crippen molar-refractivity contribution >= 4 is 33.7 Å². The van der Waals surface area contributed by atoms with E-state index in [0.29, 0.717) is 41.5 Å². The molecule has 0 unspecified atom stereocenters. The fraction of sp³-hybridized carbons (Fsp3) is 0.245. The van der Waals surface area contributed by atoms with Crippen LogP contribution in [0.2, 0.25) is 0 Å². The molecule has 2 aliphatic rings. The predicted octanol–water partition coefficient (Wildman–Crippen LogP) is 11.2. The lowest BCUT2D eigenvalue weighted by Gasteiger charge is -2.12. The summed E-state index contributed by atoms with van der Waals surface area (Å²) in [6.45, 7) is 5.90. The van der Waals surface area contributed by atoms with Crippen molar-refractivity contribution in [1.29, 1.82) is 0 Å². The topological polar surface area (TPSA) is 99.2 Å². The van der Waals surface area contributed by atoms with Gasteiger partial charge >= 0.3 is 11.9 Å². The second kappa shape index (κ2) is 17.1. The van der Waals surface area contributed by atoms with E-state index < -0.39 is 5.97 Å². The van der Waals surface area contributed by atoms with Crippen molar-refractivity contribution in [2.45, 2.75) is 77.3 Å². The van der Waals surface area contributed by atoms with Gasteiger partial charge in [-0.3, -0.25) is 9.97 Å². The van der Waals surface area contributed by atoms with Crippen LogP contribution in [0, 0.1) is 13.8 Å². The summed E-state index contributed by atoms with van der Waals surface area (Å²) >= 11 is 0. The minimum atomic E-state index is -0.896. The second-order valence-corrected chi connectivity index (χ2v) is 16.8. The Morgan fingerprint density at radius 2 is 1.07 bits per heavy atom. The van der Waals surface area contributed by atoms with E-state index in [2.05, 4.69) is 130 Å². The van der Waals surface area contributed by atoms with Gasteiger partial charge in [-0.25, -0.2) is 9.59 Å². The number of methoxy groups -OCH3 is 1. The van der Waals surface area contributed by atoms with Crippen molar-refractivity contribution in [2.24, 2.45) is 0 Å². The molecule has 8 heteroatoms. The molecule has 0 atom stereocenters. The first-order valence-electron chi connectivity index (χ1n) is 21.2. The standard InChI is InChI=1S/C27H26N2O2.C26H24N2O2/c1-18-12-26-21(10-11-29(26)17-19-6-4-3-5-7-19)13-22(18)15-25-24(27(30)31-2)14-23(16-28-25)20-8-9-20;1-17-11-25-20(9-10-28(25)16-18-5-3-2-4-6-18)12-21(17)14-24-23(26(29)30)13-22(15-27-24)19-7-8-19/h3-7,10-14,16,20H,8-9,15,17H2,1-2H3;2-6,9-13,15,19H,7-8,14,16H2,1H3,(H,29,30). The first-order valence-corrected chi connectivity index (χ1v) is 21.2. The fourth-order valence-corrected chi connectivity index (χ4v) is 8.41. The van der Waals surface area contributed by atoms with E-state index in [-0.39, 0.29) is 5.97 Å². The SMILES string of the molecule is COC(=O)c1cc(C2CC2)cnc1Cc1cc2ccn(Cc3ccccc3)c2cc1C.Cc1cc2c(ccn2Cc2ccccc2)cc1Cc1ncc(C2CC2)cc1C(=O)O. The third-order valence-corrected chi connectivity index (χ3v) is 12.3. The maximum atomic E-state index is 12.4. The Morgan fingerprint density at radius 1 is 0.623 bits per heavy atom. The lowest BCUT2D eigenvalue weighted by Crippen LogP contribution is -2.10. The van der Waals surface area contributed by atoms with E-state index in [1.165, 1.54) is 58.6 Å². The van der Waals surface area contributed by atoms with Gasteiger partial charge in [0.15, 0.2) is 0 Å². The Labute approximate surface area is 356 Å². The number of carbonyl (C=O) groups is 2. The number of ether oxygens (including phenoxy) is 1. The highest BCUT2D eigenvalue weighted by atomic mass is 16.5. The van der Waals surface area contributed by atoms with E-state index in [1.54, 1.807) is 0 Å². The van der Waals surface area contributed by atoms with Crippen LogP contribution in [0.25, 0.3) is 21.8 Å². The summed E-state index contributed by atoms with van der Waals surface area (Å²) < 4.78 is 9.59. The first kappa shape index (κ1) is 39.6. The molecule has 2 saturated carbocycles. The lowest BCUT2D eigenvalue weighted by atomic mass is 9.98. The molecule has 61 heavy (non-hydrogen) atoms. The molecule has 4 heterocycles. The highest BCUT2D eigenvalue weighted by Crippen LogP contribution is 2.41. The number of benzene rings is 4. The molecule has 0 bridgehead atoms. The molecule has 10 rings (SSSR count). The molecular formula is C53H50N4O4. The molecule has 4 aromatic carbocycles. The largest absolute Gasteiger partial charge is 0.478 e. The van der Waals surface area contributed by atoms with Crippen LogP contribution in [0.15, 0.2) is 134 Å². The van der Waals surface area contributed by atoms with Crippen molar-refractivity contribution in [3.05, 3.63) is 201 Å². The van der Waals surface area contributed by atoms with Crippen LogP contribution in [0.1, 0.15) is 114 Å². The van der Waals surface area contributed by atoms with Crippen molar-refractivity contribution in [2.75, 3.05) is 7.11 Å². The van der Waals surface area contributed by atoms with Gasteiger partial charge in [-0.2, -0.15) is 0 Å². The third-order valence-electron chi connectivity index (χ3n) is 12.3. The number of carbonyl (C=O) groups excluding carboxylic acids is 1. The van der Waals surface area contributed by atoms with E-state index in [4.69, 9.17) is 4.74 Å². The van der Waals surface area contributed by atoms with Crippen LogP contribution in [0.4, 0.5) is 0 Å². The number of fused-ring (bicyclic) bond motifs is 2. The second-order valence-electron chi connectivity index (χ2n) is 16.8. The van der Waals surface area contributed by atoms with Gasteiger partial charge in [0, 0.05) is 61.8 Å². The normalized spacial score (nSPS) is 13.6. The molecule has 8 aromatic rings. The van der Waals surface area contributed by atoms with Gasteiger partial charge in [-0.05, 0) is 155 Å². The Kier molecular flexibility index (Phi) is 11.1. The van der Waals surface area contributed by atoms with Crippen LogP contribution < -0.4 is 0 Å². The maximum absolute atomic E-state index is 12.4. The number of rotatable bonds is 12. The summed E-state index contributed by atoms with van der Waals surface area (Å²) in [5, 5.41) is 12.1. The third kappa shape index (κ3) is 8.90. The molecule has 0 aliphatic heterocycles. The van der Waals surface area contributed by atoms with Gasteiger partial charge in [0.05, 0.1) is 29.6 Å². The molecule has 0 radical (unpaired) electrons. The predicted molar refractivity (Wildman–Crippen MR) is 241 cm³/mol. The summed E-state index contributed by atoms with van der Waals surface area (Å²) in [5.41, 5.74) is 14.2. The molecule has 306 valence electrons. The summed E-state index contributed by atoms with van der Waals surface area (Å²) in [6.07, 6.45) is 13.8. The number of hydrogen-bond acceptors (Lipinski definition) is 5. The van der Waals surface area contributed by atoms with Gasteiger partial charge < -0.3 is 19.0 Å². The van der Waals surface area contributed by atoms with Crippen molar-refractivity contribution in [1.82, 2.24) is 19.1 Å². The monoisotopic (exact) mass is 806 g/mol. The maximum Gasteiger partial charge on any atom is 0.339 e. The van der Waals surface area contributed by atoms with Gasteiger partial charge in [-0.15, -0.1) is 0 Å². The Balaban J connectivity index is 0.000000156. The number of carboxylic acids is 1. The number of pyridine rings is 2. The average Bonchev–Trinajstić information content (AvgIpc) is 4.22. The quantitative estimate of drug-likeness (QED) is 0.123. The van der Waals surface area contributed by atoms with Crippen LogP contribution in [-0.4, -0.2) is 43.3 Å². The molecule has 0 saturated heterocycles. The average molecular weight is 807 g/mol. The molecule has 4 aromatic heterocycles. The molecular weight excluding hydrogens is 757 g/mol. The lowest BCUT2D eigenvalue weighted by molar-refractivity contribution is 0.0598. The highest BCUT2D eigenvalue weighted by molar-refractivity contribution is 5.91. The molecule has 8 nitrogen and oxygen atoms in total. The van der Waals surface area contributed by atoms with Gasteiger partial charge in [0.2, 0.25) is 0 Å². The van der Waals surface area contributed by atoms with Gasteiger partial charge in [0.1, 0.15) is 0 Å². The number of esters is 1. The van der Waals surface area contributed by atoms with E-state index in [0.717, 1.165) is 59.3 Å². The molecule has 2 fully saturated rings. The number of aromatic carboxylic acids is 1. The first-order chi connectivity index (χ1) is 29.7. The zero-order valence-corrected chi connectivity index (χ0v) is 35.0. The Hall–Kier alpha value is -6.80. The minimum Gasteiger partial charge on any atom is -0.478 e. The zero-order valence-electron chi connectivity index (χ0n) is 35.0. The van der Waals surface area contributed by atoms with Crippen LogP contribution >= 0.6 is 0 Å². The fourth-order valence-electron chi connectivity index (χ4n) is 8.41. The molecule has 1 N–H and O–H groups in total. The van der Waals surface area contributed by atoms with E-state index in [1.807, 2.05) is 36.7 Å². The summed E-state index contributed by atoms with van der Waals surface area (Å²) in [7, 11) is 1.43. The van der Waals surface area contributed by atoms with Crippen molar-refractivity contribution in [3.63, 3.8) is 0 Å². The molecule has 0 spiro atoms. The highest BCUT2D eigenvalue weighted by Gasteiger charge is 2.27. The molecule has 0 amide bonds. The number of carboxylic acid groups (broad SMARTS) is 1. The number of hydrogen-bond donors (Lipinski definition) is 1. The number of nitrogens with zero attached hydrogens (tertiary/aromatic N) is 4. The number of aromatic nitrogens is 4. The van der Waals surface area contributed by atoms with Crippen molar-refractivity contribution in [3.8, 4) is 0 Å². The van der Waals surface area contributed by atoms with Gasteiger partial charge in [-0.1, -0.05) is 60.7 Å². The number of aryl methyl sites for hydroxylation is 2. The summed E-state index contributed by atoms with van der Waals surface area (Å²) in [5.74, 6) is -0.162. The smallest absolute Gasteiger partial charge is 0.339 e. The van der Waals surface area contributed by atoms with Crippen molar-refractivity contribution < 1.29 is 19.4 Å². The van der Waals surface area contributed by atoms with Gasteiger partial charge in [0.25, 0.3) is 0 Å².